The molecule has 5 nitrogen and oxygen atoms in total. The summed E-state index contributed by atoms with van der Waals surface area (Å²) in [5.74, 6) is 0.744. The van der Waals surface area contributed by atoms with Crippen LogP contribution in [0.2, 0.25) is 0 Å². The third-order valence-corrected chi connectivity index (χ3v) is 3.21. The molecule has 2 N–H and O–H groups in total. The molecule has 0 aliphatic rings. The van der Waals surface area contributed by atoms with Crippen molar-refractivity contribution in [1.29, 1.82) is 0 Å². The fourth-order valence-corrected chi connectivity index (χ4v) is 2.01. The van der Waals surface area contributed by atoms with Crippen LogP contribution in [0.4, 0.5) is 0 Å². The highest BCUT2D eigenvalue weighted by Gasteiger charge is 2.11. The number of hydrogen-bond acceptors (Lipinski definition) is 2. The van der Waals surface area contributed by atoms with Crippen LogP contribution >= 0.6 is 24.0 Å². The summed E-state index contributed by atoms with van der Waals surface area (Å²) < 4.78 is 0. The first-order chi connectivity index (χ1) is 10.7. The Hall–Kier alpha value is -1.31. The highest BCUT2D eigenvalue weighted by Crippen LogP contribution is 2.04. The molecule has 1 rings (SSSR count). The molecule has 0 atom stereocenters. The quantitative estimate of drug-likeness (QED) is 0.377. The zero-order valence-electron chi connectivity index (χ0n) is 14.3. The number of carbonyl (C=O) groups is 1. The zero-order valence-corrected chi connectivity index (χ0v) is 16.7. The number of carbonyl (C=O) groups excluding carboxylic acids is 1. The standard InChI is InChI=1S/C17H28N4O.HI/c1-4-12-19-17(18-5-2)20-13-16(22)21(6-3)14-15-10-8-7-9-11-15;/h7-11H,4-6,12-14H2,1-3H3,(H2,18,19,20);1H. The molecule has 0 spiro atoms. The summed E-state index contributed by atoms with van der Waals surface area (Å²) in [5, 5.41) is 6.35. The third-order valence-electron chi connectivity index (χ3n) is 3.21. The predicted octanol–water partition coefficient (Wildman–Crippen LogP) is 2.62. The van der Waals surface area contributed by atoms with Gasteiger partial charge in [-0.05, 0) is 25.8 Å². The Morgan fingerprint density at radius 2 is 1.83 bits per heavy atom. The Morgan fingerprint density at radius 1 is 1.13 bits per heavy atom. The average Bonchev–Trinajstić information content (AvgIpc) is 2.55. The van der Waals surface area contributed by atoms with Gasteiger partial charge >= 0.3 is 0 Å². The van der Waals surface area contributed by atoms with E-state index in [1.165, 1.54) is 0 Å². The number of likely N-dealkylation sites (N-methyl/N-ethyl adjacent to an activating group) is 1. The Labute approximate surface area is 157 Å². The molecular weight excluding hydrogens is 403 g/mol. The smallest absolute Gasteiger partial charge is 0.244 e. The molecule has 1 aromatic carbocycles. The van der Waals surface area contributed by atoms with Crippen molar-refractivity contribution >= 4 is 35.8 Å². The third kappa shape index (κ3) is 8.78. The number of guanidine groups is 1. The van der Waals surface area contributed by atoms with Crippen LogP contribution < -0.4 is 10.6 Å². The number of hydrogen-bond donors (Lipinski definition) is 2. The number of nitrogens with one attached hydrogen (secondary N) is 2. The first-order valence-electron chi connectivity index (χ1n) is 8.05. The number of amides is 1. The molecule has 0 aliphatic carbocycles. The van der Waals surface area contributed by atoms with E-state index in [-0.39, 0.29) is 36.4 Å². The van der Waals surface area contributed by atoms with E-state index in [2.05, 4.69) is 22.5 Å². The van der Waals surface area contributed by atoms with Gasteiger partial charge in [0.05, 0.1) is 0 Å². The van der Waals surface area contributed by atoms with Crippen LogP contribution in [0, 0.1) is 0 Å². The second kappa shape index (κ2) is 13.2. The summed E-state index contributed by atoms with van der Waals surface area (Å²) in [6.07, 6.45) is 1.02. The normalized spacial score (nSPS) is 10.7. The van der Waals surface area contributed by atoms with Crippen molar-refractivity contribution < 1.29 is 4.79 Å². The molecular formula is C17H29IN4O. The minimum Gasteiger partial charge on any atom is -0.357 e. The summed E-state index contributed by atoms with van der Waals surface area (Å²) in [5.41, 5.74) is 1.14. The summed E-state index contributed by atoms with van der Waals surface area (Å²) in [6, 6.07) is 10.0. The number of nitrogens with zero attached hydrogens (tertiary/aromatic N) is 2. The highest BCUT2D eigenvalue weighted by molar-refractivity contribution is 14.0. The lowest BCUT2D eigenvalue weighted by molar-refractivity contribution is -0.130. The molecule has 0 saturated carbocycles. The van der Waals surface area contributed by atoms with E-state index in [4.69, 9.17) is 0 Å². The SMILES string of the molecule is CCCNC(=NCC(=O)N(CC)Cc1ccccc1)NCC.I. The van der Waals surface area contributed by atoms with Crippen molar-refractivity contribution in [2.24, 2.45) is 4.99 Å². The maximum absolute atomic E-state index is 12.3. The van der Waals surface area contributed by atoms with Gasteiger partial charge in [0.15, 0.2) is 5.96 Å². The minimum absolute atomic E-state index is 0. The molecule has 0 fully saturated rings. The lowest BCUT2D eigenvalue weighted by Gasteiger charge is -2.20. The molecule has 0 radical (unpaired) electrons. The van der Waals surface area contributed by atoms with Crippen LogP contribution in [0.15, 0.2) is 35.3 Å². The molecule has 0 heterocycles. The summed E-state index contributed by atoms with van der Waals surface area (Å²) in [6.45, 7) is 9.21. The second-order valence-electron chi connectivity index (χ2n) is 5.02. The molecule has 130 valence electrons. The largest absolute Gasteiger partial charge is 0.357 e. The molecule has 1 amide bonds. The second-order valence-corrected chi connectivity index (χ2v) is 5.02. The van der Waals surface area contributed by atoms with E-state index in [1.807, 2.05) is 49.1 Å². The lowest BCUT2D eigenvalue weighted by Crippen LogP contribution is -2.39. The van der Waals surface area contributed by atoms with Gasteiger partial charge in [-0.2, -0.15) is 0 Å². The molecule has 6 heteroatoms. The molecule has 23 heavy (non-hydrogen) atoms. The first-order valence-corrected chi connectivity index (χ1v) is 8.05. The molecule has 0 bridgehead atoms. The van der Waals surface area contributed by atoms with Crippen molar-refractivity contribution in [3.63, 3.8) is 0 Å². The summed E-state index contributed by atoms with van der Waals surface area (Å²) in [7, 11) is 0. The van der Waals surface area contributed by atoms with Crippen LogP contribution in [0.3, 0.4) is 0 Å². The molecule has 0 aliphatic heterocycles. The van der Waals surface area contributed by atoms with Crippen LogP contribution in [0.25, 0.3) is 0 Å². The van der Waals surface area contributed by atoms with E-state index in [9.17, 15) is 4.79 Å². The topological polar surface area (TPSA) is 56.7 Å². The van der Waals surface area contributed by atoms with E-state index in [0.29, 0.717) is 19.0 Å². The fourth-order valence-electron chi connectivity index (χ4n) is 2.01. The van der Waals surface area contributed by atoms with Crippen LogP contribution in [-0.2, 0) is 11.3 Å². The van der Waals surface area contributed by atoms with Gasteiger partial charge in [-0.1, -0.05) is 37.3 Å². The maximum Gasteiger partial charge on any atom is 0.244 e. The van der Waals surface area contributed by atoms with E-state index in [0.717, 1.165) is 25.1 Å². The highest BCUT2D eigenvalue weighted by atomic mass is 127. The summed E-state index contributed by atoms with van der Waals surface area (Å²) >= 11 is 0. The van der Waals surface area contributed by atoms with Gasteiger partial charge in [0, 0.05) is 26.2 Å². The Kier molecular flexibility index (Phi) is 12.4. The molecule has 0 unspecified atom stereocenters. The van der Waals surface area contributed by atoms with E-state index < -0.39 is 0 Å². The monoisotopic (exact) mass is 432 g/mol. The van der Waals surface area contributed by atoms with Gasteiger partial charge in [0.25, 0.3) is 0 Å². The summed E-state index contributed by atoms with van der Waals surface area (Å²) in [4.78, 5) is 18.5. The number of rotatable bonds is 8. The van der Waals surface area contributed by atoms with Crippen molar-refractivity contribution in [3.05, 3.63) is 35.9 Å². The number of aliphatic imine (C=N–C) groups is 1. The predicted molar refractivity (Wildman–Crippen MR) is 107 cm³/mol. The van der Waals surface area contributed by atoms with Gasteiger partial charge < -0.3 is 15.5 Å². The Morgan fingerprint density at radius 3 is 2.39 bits per heavy atom. The van der Waals surface area contributed by atoms with Gasteiger partial charge in [0.2, 0.25) is 5.91 Å². The molecule has 1 aromatic rings. The lowest BCUT2D eigenvalue weighted by atomic mass is 10.2. The molecule has 0 aromatic heterocycles. The van der Waals surface area contributed by atoms with Crippen molar-refractivity contribution in [2.75, 3.05) is 26.2 Å². The van der Waals surface area contributed by atoms with Gasteiger partial charge in [-0.3, -0.25) is 4.79 Å². The van der Waals surface area contributed by atoms with E-state index in [1.54, 1.807) is 0 Å². The average molecular weight is 432 g/mol. The van der Waals surface area contributed by atoms with Gasteiger partial charge in [0.1, 0.15) is 6.54 Å². The van der Waals surface area contributed by atoms with Crippen LogP contribution in [-0.4, -0.2) is 42.9 Å². The maximum atomic E-state index is 12.3. The Bertz CT molecular complexity index is 465. The number of benzene rings is 1. The number of halogens is 1. The van der Waals surface area contributed by atoms with Crippen LogP contribution in [0.1, 0.15) is 32.8 Å². The zero-order chi connectivity index (χ0) is 16.2. The fraction of sp³-hybridized carbons (Fsp3) is 0.529. The van der Waals surface area contributed by atoms with E-state index >= 15 is 0 Å². The van der Waals surface area contributed by atoms with Crippen molar-refractivity contribution in [3.8, 4) is 0 Å². The van der Waals surface area contributed by atoms with Crippen LogP contribution in [0.5, 0.6) is 0 Å². The van der Waals surface area contributed by atoms with Gasteiger partial charge in [-0.15, -0.1) is 24.0 Å². The Balaban J connectivity index is 0.00000484. The first kappa shape index (κ1) is 21.7. The van der Waals surface area contributed by atoms with Gasteiger partial charge in [-0.25, -0.2) is 4.99 Å². The van der Waals surface area contributed by atoms with Crippen molar-refractivity contribution in [2.45, 2.75) is 33.7 Å². The minimum atomic E-state index is 0. The van der Waals surface area contributed by atoms with Crippen molar-refractivity contribution in [1.82, 2.24) is 15.5 Å². The molecule has 0 saturated heterocycles.